The molecule has 1 aromatic heterocycles. The summed E-state index contributed by atoms with van der Waals surface area (Å²) in [6.45, 7) is 5.14. The molecule has 0 amide bonds. The number of ether oxygens (including phenoxy) is 1. The third-order valence-corrected chi connectivity index (χ3v) is 6.26. The van der Waals surface area contributed by atoms with Crippen molar-refractivity contribution < 1.29 is 8.92 Å². The second kappa shape index (κ2) is 14.1. The van der Waals surface area contributed by atoms with Gasteiger partial charge in [-0.3, -0.25) is 4.99 Å². The summed E-state index contributed by atoms with van der Waals surface area (Å²) in [5.41, 5.74) is 9.96. The summed E-state index contributed by atoms with van der Waals surface area (Å²) in [6.07, 6.45) is 9.86. The van der Waals surface area contributed by atoms with E-state index in [2.05, 4.69) is 40.2 Å². The minimum Gasteiger partial charge on any atom is -0.495 e. The lowest BCUT2D eigenvalue weighted by atomic mass is 9.98. The molecule has 3 rings (SSSR count). The standard InChI is InChI=1S/C28H34N6O2S/c1-5-7-19(8-6-2)16-31-27(30)21-11-12-24(26(14-21)35-3)34-28-32-17-23(18-33-28)20-9-10-22(15-29)25(13-20)36-37-4/h9-14,17-19H,5-8,16H2,1-4H3,(H2,30,31)(H,32,33,34). The van der Waals surface area contributed by atoms with Crippen LogP contribution < -0.4 is 20.0 Å². The number of anilines is 2. The van der Waals surface area contributed by atoms with Crippen LogP contribution in [0.4, 0.5) is 11.6 Å². The van der Waals surface area contributed by atoms with Gasteiger partial charge in [-0.15, -0.1) is 0 Å². The molecule has 0 aliphatic carbocycles. The maximum atomic E-state index is 9.27. The van der Waals surface area contributed by atoms with Crippen molar-refractivity contribution in [3.05, 3.63) is 59.9 Å². The summed E-state index contributed by atoms with van der Waals surface area (Å²) in [6, 6.07) is 13.2. The summed E-state index contributed by atoms with van der Waals surface area (Å²) in [5, 5.41) is 12.5. The molecule has 8 nitrogen and oxygen atoms in total. The fraction of sp³-hybridized carbons (Fsp3) is 0.357. The van der Waals surface area contributed by atoms with Crippen LogP contribution in [0.3, 0.4) is 0 Å². The number of methoxy groups -OCH3 is 1. The van der Waals surface area contributed by atoms with E-state index < -0.39 is 0 Å². The quantitative estimate of drug-likeness (QED) is 0.153. The highest BCUT2D eigenvalue weighted by atomic mass is 32.2. The Balaban J connectivity index is 1.74. The first-order valence-electron chi connectivity index (χ1n) is 12.3. The van der Waals surface area contributed by atoms with E-state index in [1.165, 1.54) is 12.0 Å². The topological polar surface area (TPSA) is 118 Å². The highest BCUT2D eigenvalue weighted by molar-refractivity contribution is 7.94. The SMILES string of the molecule is CCCC(CCC)CN=C(N)c1ccc(Nc2ncc(-c3ccc(C#N)c(OSC)c3)cn2)c(OC)c1. The van der Waals surface area contributed by atoms with E-state index in [4.69, 9.17) is 14.7 Å². The maximum absolute atomic E-state index is 9.27. The molecule has 0 saturated carbocycles. The van der Waals surface area contributed by atoms with Crippen LogP contribution in [0.15, 0.2) is 53.8 Å². The number of amidine groups is 1. The molecule has 0 fully saturated rings. The van der Waals surface area contributed by atoms with Crippen LogP contribution in [0.2, 0.25) is 0 Å². The van der Waals surface area contributed by atoms with Crippen LogP contribution in [0.25, 0.3) is 11.1 Å². The van der Waals surface area contributed by atoms with Crippen LogP contribution in [0.5, 0.6) is 11.5 Å². The fourth-order valence-electron chi connectivity index (χ4n) is 4.03. The third kappa shape index (κ3) is 7.61. The Morgan fingerprint density at radius 1 is 1.08 bits per heavy atom. The number of aliphatic imine (C=N–C) groups is 1. The van der Waals surface area contributed by atoms with Crippen LogP contribution in [-0.2, 0) is 0 Å². The molecule has 3 N–H and O–H groups in total. The summed E-state index contributed by atoms with van der Waals surface area (Å²) in [4.78, 5) is 13.5. The summed E-state index contributed by atoms with van der Waals surface area (Å²) >= 11 is 1.19. The van der Waals surface area contributed by atoms with Crippen molar-refractivity contribution in [1.29, 1.82) is 5.26 Å². The van der Waals surface area contributed by atoms with Crippen molar-refractivity contribution in [2.75, 3.05) is 25.2 Å². The summed E-state index contributed by atoms with van der Waals surface area (Å²) < 4.78 is 11.1. The second-order valence-electron chi connectivity index (χ2n) is 8.58. The number of rotatable bonds is 13. The molecule has 2 aromatic carbocycles. The van der Waals surface area contributed by atoms with Gasteiger partial charge in [0, 0.05) is 36.3 Å². The van der Waals surface area contributed by atoms with E-state index in [1.807, 2.05) is 24.3 Å². The number of hydrogen-bond donors (Lipinski definition) is 2. The molecule has 1 heterocycles. The molecule has 0 spiro atoms. The summed E-state index contributed by atoms with van der Waals surface area (Å²) in [7, 11) is 1.61. The molecule has 3 aromatic rings. The minimum atomic E-state index is 0.424. The van der Waals surface area contributed by atoms with Crippen molar-refractivity contribution >= 4 is 29.5 Å². The average molecular weight is 519 g/mol. The van der Waals surface area contributed by atoms with Crippen molar-refractivity contribution in [3.8, 4) is 28.7 Å². The van der Waals surface area contributed by atoms with E-state index in [1.54, 1.807) is 37.9 Å². The Hall–Kier alpha value is -3.77. The normalized spacial score (nSPS) is 11.3. The molecule has 0 bridgehead atoms. The van der Waals surface area contributed by atoms with Gasteiger partial charge in [-0.05, 0) is 54.7 Å². The maximum Gasteiger partial charge on any atom is 0.227 e. The van der Waals surface area contributed by atoms with E-state index in [9.17, 15) is 5.26 Å². The molecule has 0 aliphatic heterocycles. The van der Waals surface area contributed by atoms with E-state index >= 15 is 0 Å². The number of nitrogens with one attached hydrogen (secondary N) is 1. The van der Waals surface area contributed by atoms with Gasteiger partial charge < -0.3 is 20.0 Å². The molecular formula is C28H34N6O2S. The van der Waals surface area contributed by atoms with E-state index in [-0.39, 0.29) is 0 Å². The zero-order valence-corrected chi connectivity index (χ0v) is 22.6. The first-order valence-corrected chi connectivity index (χ1v) is 13.5. The van der Waals surface area contributed by atoms with Gasteiger partial charge in [0.2, 0.25) is 5.95 Å². The molecule has 194 valence electrons. The van der Waals surface area contributed by atoms with Crippen molar-refractivity contribution in [3.63, 3.8) is 0 Å². The number of nitrogens with zero attached hydrogens (tertiary/aromatic N) is 4. The number of nitrogens with two attached hydrogens (primary N) is 1. The van der Waals surface area contributed by atoms with Crippen molar-refractivity contribution in [1.82, 2.24) is 9.97 Å². The lowest BCUT2D eigenvalue weighted by molar-refractivity contribution is 0.416. The molecule has 0 unspecified atom stereocenters. The highest BCUT2D eigenvalue weighted by Crippen LogP contribution is 2.30. The van der Waals surface area contributed by atoms with E-state index in [0.29, 0.717) is 34.8 Å². The third-order valence-electron chi connectivity index (χ3n) is 5.92. The number of benzene rings is 2. The molecule has 0 atom stereocenters. The molecule has 9 heteroatoms. The van der Waals surface area contributed by atoms with Gasteiger partial charge in [0.05, 0.1) is 30.4 Å². The van der Waals surface area contributed by atoms with Gasteiger partial charge in [0.25, 0.3) is 0 Å². The average Bonchev–Trinajstić information content (AvgIpc) is 2.92. The largest absolute Gasteiger partial charge is 0.495 e. The number of hydrogen-bond acceptors (Lipinski definition) is 8. The Labute approximate surface area is 223 Å². The van der Waals surface area contributed by atoms with Gasteiger partial charge in [-0.25, -0.2) is 9.97 Å². The summed E-state index contributed by atoms with van der Waals surface area (Å²) in [5.74, 6) is 2.62. The lowest BCUT2D eigenvalue weighted by Crippen LogP contribution is -2.16. The van der Waals surface area contributed by atoms with Gasteiger partial charge in [0.15, 0.2) is 5.75 Å². The molecule has 0 aliphatic rings. The Morgan fingerprint density at radius 3 is 2.43 bits per heavy atom. The van der Waals surface area contributed by atoms with Crippen LogP contribution >= 0.6 is 12.0 Å². The van der Waals surface area contributed by atoms with Crippen LogP contribution in [0.1, 0.15) is 50.7 Å². The molecular weight excluding hydrogens is 484 g/mol. The second-order valence-corrected chi connectivity index (χ2v) is 9.08. The Morgan fingerprint density at radius 2 is 1.81 bits per heavy atom. The molecule has 37 heavy (non-hydrogen) atoms. The number of nitriles is 1. The van der Waals surface area contributed by atoms with Crippen molar-refractivity contribution in [2.24, 2.45) is 16.6 Å². The Kier molecular flexibility index (Phi) is 10.6. The predicted molar refractivity (Wildman–Crippen MR) is 152 cm³/mol. The van der Waals surface area contributed by atoms with Crippen molar-refractivity contribution in [2.45, 2.75) is 39.5 Å². The lowest BCUT2D eigenvalue weighted by Gasteiger charge is -2.14. The Bertz CT molecular complexity index is 1230. The minimum absolute atomic E-state index is 0.424. The smallest absolute Gasteiger partial charge is 0.227 e. The van der Waals surface area contributed by atoms with E-state index in [0.717, 1.165) is 54.6 Å². The number of aromatic nitrogens is 2. The molecule has 0 saturated heterocycles. The zero-order valence-electron chi connectivity index (χ0n) is 21.8. The van der Waals surface area contributed by atoms with Gasteiger partial charge in [-0.2, -0.15) is 5.26 Å². The van der Waals surface area contributed by atoms with Gasteiger partial charge in [0.1, 0.15) is 17.7 Å². The molecule has 0 radical (unpaired) electrons. The first kappa shape index (κ1) is 27.8. The van der Waals surface area contributed by atoms with Gasteiger partial charge >= 0.3 is 0 Å². The highest BCUT2D eigenvalue weighted by Gasteiger charge is 2.12. The first-order chi connectivity index (χ1) is 18.0. The van der Waals surface area contributed by atoms with Gasteiger partial charge in [-0.1, -0.05) is 32.8 Å². The van der Waals surface area contributed by atoms with Crippen LogP contribution in [0, 0.1) is 17.2 Å². The fourth-order valence-corrected chi connectivity index (χ4v) is 4.35. The zero-order chi connectivity index (χ0) is 26.6. The van der Waals surface area contributed by atoms with Crippen LogP contribution in [-0.4, -0.2) is 35.7 Å². The monoisotopic (exact) mass is 518 g/mol. The predicted octanol–water partition coefficient (Wildman–Crippen LogP) is 6.35.